The van der Waals surface area contributed by atoms with Crippen LogP contribution in [-0.2, 0) is 0 Å². The van der Waals surface area contributed by atoms with Crippen LogP contribution in [0.25, 0.3) is 0 Å². The average Bonchev–Trinajstić information content (AvgIpc) is 2.53. The smallest absolute Gasteiger partial charge is 0.337 e. The van der Waals surface area contributed by atoms with Crippen molar-refractivity contribution in [2.75, 3.05) is 19.6 Å². The largest absolute Gasteiger partial charge is 0.478 e. The van der Waals surface area contributed by atoms with E-state index in [2.05, 4.69) is 22.1 Å². The fourth-order valence-electron chi connectivity index (χ4n) is 2.47. The van der Waals surface area contributed by atoms with Crippen molar-refractivity contribution >= 4 is 11.9 Å². The van der Waals surface area contributed by atoms with Gasteiger partial charge in [0.25, 0.3) is 5.91 Å². The van der Waals surface area contributed by atoms with Crippen LogP contribution in [0.15, 0.2) is 18.3 Å². The van der Waals surface area contributed by atoms with Gasteiger partial charge in [0.1, 0.15) is 5.69 Å². The summed E-state index contributed by atoms with van der Waals surface area (Å²) < 4.78 is 0. The summed E-state index contributed by atoms with van der Waals surface area (Å²) in [5.74, 6) is -1.32. The van der Waals surface area contributed by atoms with E-state index in [4.69, 9.17) is 5.11 Å². The van der Waals surface area contributed by atoms with Crippen LogP contribution in [0.2, 0.25) is 0 Å². The molecule has 2 rings (SSSR count). The fourth-order valence-corrected chi connectivity index (χ4v) is 2.47. The molecule has 1 aromatic rings. The van der Waals surface area contributed by atoms with Crippen molar-refractivity contribution < 1.29 is 14.7 Å². The number of carbonyl (C=O) groups excluding carboxylic acids is 1. The van der Waals surface area contributed by atoms with E-state index in [1.165, 1.54) is 37.6 Å². The van der Waals surface area contributed by atoms with E-state index in [9.17, 15) is 9.59 Å². The van der Waals surface area contributed by atoms with Crippen molar-refractivity contribution in [1.82, 2.24) is 15.2 Å². The van der Waals surface area contributed by atoms with E-state index in [0.717, 1.165) is 13.1 Å². The zero-order valence-corrected chi connectivity index (χ0v) is 12.2. The third-order valence-corrected chi connectivity index (χ3v) is 3.82. The first-order chi connectivity index (χ1) is 10.1. The Hall–Kier alpha value is -1.95. The van der Waals surface area contributed by atoms with Crippen LogP contribution in [-0.4, -0.2) is 52.5 Å². The Labute approximate surface area is 124 Å². The molecule has 1 aliphatic rings. The highest BCUT2D eigenvalue weighted by molar-refractivity contribution is 5.93. The van der Waals surface area contributed by atoms with Crippen molar-refractivity contribution in [1.29, 1.82) is 0 Å². The summed E-state index contributed by atoms with van der Waals surface area (Å²) in [6.45, 7) is 4.85. The molecule has 1 aromatic heterocycles. The lowest BCUT2D eigenvalue weighted by Crippen LogP contribution is -2.44. The molecule has 1 fully saturated rings. The average molecular weight is 291 g/mol. The molecule has 0 saturated carbocycles. The third kappa shape index (κ3) is 4.26. The van der Waals surface area contributed by atoms with Gasteiger partial charge in [-0.05, 0) is 45.0 Å². The normalized spacial score (nSPS) is 17.2. The topological polar surface area (TPSA) is 82.5 Å². The molecule has 2 N–H and O–H groups in total. The van der Waals surface area contributed by atoms with Gasteiger partial charge in [0.2, 0.25) is 0 Å². The van der Waals surface area contributed by atoms with Crippen molar-refractivity contribution in [2.45, 2.75) is 32.2 Å². The molecule has 1 saturated heterocycles. The number of rotatable bonds is 5. The number of hydrogen-bond acceptors (Lipinski definition) is 4. The second-order valence-corrected chi connectivity index (χ2v) is 5.39. The first kappa shape index (κ1) is 15.4. The molecule has 0 aromatic carbocycles. The van der Waals surface area contributed by atoms with Gasteiger partial charge in [-0.1, -0.05) is 6.42 Å². The highest BCUT2D eigenvalue weighted by atomic mass is 16.4. The summed E-state index contributed by atoms with van der Waals surface area (Å²) >= 11 is 0. The molecule has 114 valence electrons. The Kier molecular flexibility index (Phi) is 5.27. The molecule has 0 radical (unpaired) electrons. The van der Waals surface area contributed by atoms with E-state index in [1.54, 1.807) is 0 Å². The van der Waals surface area contributed by atoms with E-state index < -0.39 is 5.97 Å². The highest BCUT2D eigenvalue weighted by Crippen LogP contribution is 2.11. The van der Waals surface area contributed by atoms with Gasteiger partial charge >= 0.3 is 5.97 Å². The van der Waals surface area contributed by atoms with Crippen molar-refractivity contribution in [3.8, 4) is 0 Å². The number of nitrogens with zero attached hydrogens (tertiary/aromatic N) is 2. The molecule has 1 atom stereocenters. The first-order valence-corrected chi connectivity index (χ1v) is 7.29. The Morgan fingerprint density at radius 2 is 2.05 bits per heavy atom. The summed E-state index contributed by atoms with van der Waals surface area (Å²) in [4.78, 5) is 29.0. The number of likely N-dealkylation sites (tertiary alicyclic amines) is 1. The maximum absolute atomic E-state index is 12.0. The maximum atomic E-state index is 12.0. The molecule has 0 spiro atoms. The molecule has 6 heteroatoms. The van der Waals surface area contributed by atoms with E-state index in [0.29, 0.717) is 12.6 Å². The lowest BCUT2D eigenvalue weighted by Gasteiger charge is -2.32. The standard InChI is InChI=1S/C15H21N3O3/c1-11(18-7-3-2-4-8-18)9-17-14(19)13-6-5-12(10-16-13)15(20)21/h5-6,10-11H,2-4,7-9H2,1H3,(H,17,19)(H,20,21). The van der Waals surface area contributed by atoms with Crippen molar-refractivity contribution in [3.05, 3.63) is 29.6 Å². The van der Waals surface area contributed by atoms with E-state index >= 15 is 0 Å². The number of aromatic carboxylic acids is 1. The summed E-state index contributed by atoms with van der Waals surface area (Å²) in [5, 5.41) is 11.6. The number of hydrogen-bond donors (Lipinski definition) is 2. The molecule has 1 aliphatic heterocycles. The lowest BCUT2D eigenvalue weighted by molar-refractivity contribution is 0.0695. The maximum Gasteiger partial charge on any atom is 0.337 e. The van der Waals surface area contributed by atoms with Gasteiger partial charge in [0, 0.05) is 18.8 Å². The summed E-state index contributed by atoms with van der Waals surface area (Å²) in [7, 11) is 0. The van der Waals surface area contributed by atoms with E-state index in [1.807, 2.05) is 0 Å². The van der Waals surface area contributed by atoms with Crippen molar-refractivity contribution in [3.63, 3.8) is 0 Å². The predicted octanol–water partition coefficient (Wildman–Crippen LogP) is 1.38. The minimum absolute atomic E-state index is 0.0771. The molecule has 21 heavy (non-hydrogen) atoms. The summed E-state index contributed by atoms with van der Waals surface area (Å²) in [5.41, 5.74) is 0.319. The second-order valence-electron chi connectivity index (χ2n) is 5.39. The molecule has 0 bridgehead atoms. The van der Waals surface area contributed by atoms with Gasteiger partial charge in [0.15, 0.2) is 0 Å². The van der Waals surface area contributed by atoms with Crippen LogP contribution in [0.3, 0.4) is 0 Å². The number of carbonyl (C=O) groups is 2. The van der Waals surface area contributed by atoms with Gasteiger partial charge < -0.3 is 10.4 Å². The van der Waals surface area contributed by atoms with Gasteiger partial charge in [-0.25, -0.2) is 4.79 Å². The molecular weight excluding hydrogens is 270 g/mol. The van der Waals surface area contributed by atoms with Crippen LogP contribution in [0.5, 0.6) is 0 Å². The number of amides is 1. The molecule has 6 nitrogen and oxygen atoms in total. The Morgan fingerprint density at radius 3 is 2.62 bits per heavy atom. The predicted molar refractivity (Wildman–Crippen MR) is 78.4 cm³/mol. The molecule has 0 aliphatic carbocycles. The Bertz CT molecular complexity index is 495. The van der Waals surface area contributed by atoms with Gasteiger partial charge in [-0.3, -0.25) is 14.7 Å². The van der Waals surface area contributed by atoms with Crippen molar-refractivity contribution in [2.24, 2.45) is 0 Å². The first-order valence-electron chi connectivity index (χ1n) is 7.29. The Morgan fingerprint density at radius 1 is 1.33 bits per heavy atom. The third-order valence-electron chi connectivity index (χ3n) is 3.82. The van der Waals surface area contributed by atoms with Crippen LogP contribution < -0.4 is 5.32 Å². The van der Waals surface area contributed by atoms with Gasteiger partial charge in [0.05, 0.1) is 5.56 Å². The van der Waals surface area contributed by atoms with Gasteiger partial charge in [-0.15, -0.1) is 0 Å². The summed E-state index contributed by atoms with van der Waals surface area (Å²) in [6.07, 6.45) is 4.92. The number of aromatic nitrogens is 1. The zero-order valence-electron chi connectivity index (χ0n) is 12.2. The van der Waals surface area contributed by atoms with Crippen LogP contribution in [0.1, 0.15) is 47.0 Å². The van der Waals surface area contributed by atoms with E-state index in [-0.39, 0.29) is 17.2 Å². The number of piperidine rings is 1. The minimum Gasteiger partial charge on any atom is -0.478 e. The molecular formula is C15H21N3O3. The monoisotopic (exact) mass is 291 g/mol. The SMILES string of the molecule is CC(CNC(=O)c1ccc(C(=O)O)cn1)N1CCCCC1. The number of pyridine rings is 1. The minimum atomic E-state index is -1.05. The number of carboxylic acids is 1. The fraction of sp³-hybridized carbons (Fsp3) is 0.533. The lowest BCUT2D eigenvalue weighted by atomic mass is 10.1. The quantitative estimate of drug-likeness (QED) is 0.856. The zero-order chi connectivity index (χ0) is 15.2. The highest BCUT2D eigenvalue weighted by Gasteiger charge is 2.17. The molecule has 1 unspecified atom stereocenters. The molecule has 1 amide bonds. The molecule has 2 heterocycles. The van der Waals surface area contributed by atoms with Crippen LogP contribution in [0.4, 0.5) is 0 Å². The summed E-state index contributed by atoms with van der Waals surface area (Å²) in [6, 6.07) is 3.12. The van der Waals surface area contributed by atoms with Crippen LogP contribution >= 0.6 is 0 Å². The van der Waals surface area contributed by atoms with Crippen LogP contribution in [0, 0.1) is 0 Å². The Balaban J connectivity index is 1.84. The second kappa shape index (κ2) is 7.17. The number of carboxylic acid groups (broad SMARTS) is 1. The van der Waals surface area contributed by atoms with Gasteiger partial charge in [-0.2, -0.15) is 0 Å². The number of nitrogens with one attached hydrogen (secondary N) is 1.